The molecule has 0 saturated heterocycles. The van der Waals surface area contributed by atoms with E-state index in [1.54, 1.807) is 12.3 Å². The lowest BCUT2D eigenvalue weighted by Crippen LogP contribution is -2.35. The molecule has 1 aliphatic heterocycles. The van der Waals surface area contributed by atoms with E-state index in [2.05, 4.69) is 36.9 Å². The van der Waals surface area contributed by atoms with Crippen molar-refractivity contribution in [1.82, 2.24) is 9.47 Å². The van der Waals surface area contributed by atoms with Crippen molar-refractivity contribution in [2.24, 2.45) is 0 Å². The zero-order valence-electron chi connectivity index (χ0n) is 12.5. The van der Waals surface area contributed by atoms with Gasteiger partial charge in [-0.3, -0.25) is 9.69 Å². The Morgan fingerprint density at radius 2 is 1.90 bits per heavy atom. The second kappa shape index (κ2) is 5.37. The maximum Gasteiger partial charge on any atom is 0.223 e. The van der Waals surface area contributed by atoms with Gasteiger partial charge in [0, 0.05) is 37.9 Å². The van der Waals surface area contributed by atoms with Crippen molar-refractivity contribution in [1.29, 1.82) is 0 Å². The molecule has 21 heavy (non-hydrogen) atoms. The number of aromatic nitrogens is 1. The maximum atomic E-state index is 11.6. The average molecular weight is 284 g/mol. The van der Waals surface area contributed by atoms with Crippen LogP contribution in [-0.2, 0) is 19.6 Å². The summed E-state index contributed by atoms with van der Waals surface area (Å²) in [5.74, 6) is -0.165. The van der Waals surface area contributed by atoms with Crippen LogP contribution in [-0.4, -0.2) is 21.1 Å². The Morgan fingerprint density at radius 3 is 2.62 bits per heavy atom. The van der Waals surface area contributed by atoms with Gasteiger partial charge in [-0.1, -0.05) is 18.2 Å². The van der Waals surface area contributed by atoms with Crippen LogP contribution in [0.4, 0.5) is 0 Å². The summed E-state index contributed by atoms with van der Waals surface area (Å²) < 4.78 is 1.97. The first-order valence-electron chi connectivity index (χ1n) is 7.24. The summed E-state index contributed by atoms with van der Waals surface area (Å²) >= 11 is 0. The van der Waals surface area contributed by atoms with Gasteiger partial charge >= 0.3 is 0 Å². The normalized spacial score (nSPS) is 15.0. The number of aryl methyl sites for hydroxylation is 2. The Balaban J connectivity index is 1.84. The lowest BCUT2D eigenvalue weighted by atomic mass is 10.0. The van der Waals surface area contributed by atoms with Crippen molar-refractivity contribution in [2.45, 2.75) is 33.5 Å². The van der Waals surface area contributed by atoms with Crippen LogP contribution in [0.1, 0.15) is 22.4 Å². The predicted octanol–water partition coefficient (Wildman–Crippen LogP) is 2.19. The number of hydrogen-bond acceptors (Lipinski definition) is 3. The summed E-state index contributed by atoms with van der Waals surface area (Å²) in [5.41, 5.74) is 4.66. The molecule has 110 valence electrons. The molecule has 0 amide bonds. The molecular formula is C17H20N2O2. The third kappa shape index (κ3) is 2.72. The van der Waals surface area contributed by atoms with Gasteiger partial charge in [-0.25, -0.2) is 0 Å². The zero-order chi connectivity index (χ0) is 15.0. The van der Waals surface area contributed by atoms with Crippen LogP contribution in [0.15, 0.2) is 35.3 Å². The number of pyridine rings is 1. The molecule has 1 aromatic carbocycles. The van der Waals surface area contributed by atoms with Crippen molar-refractivity contribution in [3.05, 3.63) is 63.1 Å². The molecule has 1 aromatic heterocycles. The first kappa shape index (κ1) is 13.9. The van der Waals surface area contributed by atoms with Gasteiger partial charge in [-0.2, -0.15) is 0 Å². The Labute approximate surface area is 124 Å². The standard InChI is InChI=1S/C17H20N2O2/c1-12-4-3-5-13(2)15(12)10-18-6-7-19-11-17(21)16(20)8-14(19)9-18/h3-5,8,11,21H,6-7,9-10H2,1-2H3. The van der Waals surface area contributed by atoms with E-state index in [9.17, 15) is 9.90 Å². The van der Waals surface area contributed by atoms with Gasteiger partial charge in [0.2, 0.25) is 5.43 Å². The Bertz CT molecular complexity index is 714. The zero-order valence-corrected chi connectivity index (χ0v) is 12.5. The van der Waals surface area contributed by atoms with Crippen molar-refractivity contribution in [2.75, 3.05) is 6.54 Å². The molecule has 1 aliphatic rings. The summed E-state index contributed by atoms with van der Waals surface area (Å²) in [4.78, 5) is 13.9. The predicted molar refractivity (Wildman–Crippen MR) is 82.4 cm³/mol. The fourth-order valence-electron chi connectivity index (χ4n) is 2.96. The van der Waals surface area contributed by atoms with Crippen molar-refractivity contribution >= 4 is 0 Å². The van der Waals surface area contributed by atoms with Gasteiger partial charge in [-0.15, -0.1) is 0 Å². The highest BCUT2D eigenvalue weighted by atomic mass is 16.3. The van der Waals surface area contributed by atoms with Crippen LogP contribution in [0, 0.1) is 13.8 Å². The molecule has 0 atom stereocenters. The van der Waals surface area contributed by atoms with E-state index < -0.39 is 0 Å². The van der Waals surface area contributed by atoms with E-state index in [4.69, 9.17) is 0 Å². The summed E-state index contributed by atoms with van der Waals surface area (Å²) in [7, 11) is 0. The van der Waals surface area contributed by atoms with Crippen molar-refractivity contribution < 1.29 is 5.11 Å². The number of fused-ring (bicyclic) bond motifs is 1. The molecule has 2 heterocycles. The topological polar surface area (TPSA) is 45.5 Å². The molecule has 0 spiro atoms. The van der Waals surface area contributed by atoms with E-state index >= 15 is 0 Å². The van der Waals surface area contributed by atoms with E-state index in [0.717, 1.165) is 31.9 Å². The van der Waals surface area contributed by atoms with E-state index in [-0.39, 0.29) is 11.2 Å². The lowest BCUT2D eigenvalue weighted by Gasteiger charge is -2.31. The number of nitrogens with zero attached hydrogens (tertiary/aromatic N) is 2. The quantitative estimate of drug-likeness (QED) is 0.919. The number of hydrogen-bond donors (Lipinski definition) is 1. The molecule has 4 nitrogen and oxygen atoms in total. The average Bonchev–Trinajstić information content (AvgIpc) is 2.44. The van der Waals surface area contributed by atoms with Crippen LogP contribution in [0.25, 0.3) is 0 Å². The van der Waals surface area contributed by atoms with Gasteiger partial charge in [0.15, 0.2) is 5.75 Å². The van der Waals surface area contributed by atoms with Gasteiger partial charge in [-0.05, 0) is 30.5 Å². The van der Waals surface area contributed by atoms with E-state index in [1.807, 2.05) is 4.57 Å². The van der Waals surface area contributed by atoms with Crippen LogP contribution in [0.2, 0.25) is 0 Å². The van der Waals surface area contributed by atoms with Crippen molar-refractivity contribution in [3.8, 4) is 5.75 Å². The minimum Gasteiger partial charge on any atom is -0.503 e. The molecule has 1 N–H and O–H groups in total. The summed E-state index contributed by atoms with van der Waals surface area (Å²) in [6, 6.07) is 7.92. The van der Waals surface area contributed by atoms with Gasteiger partial charge < -0.3 is 9.67 Å². The van der Waals surface area contributed by atoms with Gasteiger partial charge in [0.25, 0.3) is 0 Å². The van der Waals surface area contributed by atoms with E-state index in [1.165, 1.54) is 16.7 Å². The Kier molecular flexibility index (Phi) is 3.55. The highest BCUT2D eigenvalue weighted by Gasteiger charge is 2.18. The smallest absolute Gasteiger partial charge is 0.223 e. The fourth-order valence-corrected chi connectivity index (χ4v) is 2.96. The SMILES string of the molecule is Cc1cccc(C)c1CN1CCn2cc(O)c(=O)cc2C1. The third-order valence-electron chi connectivity index (χ3n) is 4.27. The first-order chi connectivity index (χ1) is 10.0. The highest BCUT2D eigenvalue weighted by molar-refractivity contribution is 5.33. The summed E-state index contributed by atoms with van der Waals surface area (Å²) in [6.45, 7) is 7.64. The Morgan fingerprint density at radius 1 is 1.19 bits per heavy atom. The maximum absolute atomic E-state index is 11.6. The summed E-state index contributed by atoms with van der Waals surface area (Å²) in [6.07, 6.45) is 1.55. The van der Waals surface area contributed by atoms with Crippen LogP contribution in [0.5, 0.6) is 5.75 Å². The summed E-state index contributed by atoms with van der Waals surface area (Å²) in [5, 5.41) is 9.50. The Hall–Kier alpha value is -2.07. The lowest BCUT2D eigenvalue weighted by molar-refractivity contribution is 0.209. The molecule has 0 aliphatic carbocycles. The monoisotopic (exact) mass is 284 g/mol. The van der Waals surface area contributed by atoms with E-state index in [0.29, 0.717) is 0 Å². The molecule has 4 heteroatoms. The molecule has 0 unspecified atom stereocenters. The van der Waals surface area contributed by atoms with Crippen molar-refractivity contribution in [3.63, 3.8) is 0 Å². The van der Waals surface area contributed by atoms with Gasteiger partial charge in [0.05, 0.1) is 6.20 Å². The molecule has 0 radical (unpaired) electrons. The second-order valence-corrected chi connectivity index (χ2v) is 5.79. The number of benzene rings is 1. The molecule has 0 bridgehead atoms. The molecule has 0 fully saturated rings. The highest BCUT2D eigenvalue weighted by Crippen LogP contribution is 2.20. The fraction of sp³-hybridized carbons (Fsp3) is 0.353. The molecule has 0 saturated carbocycles. The van der Waals surface area contributed by atoms with Crippen LogP contribution in [0.3, 0.4) is 0 Å². The third-order valence-corrected chi connectivity index (χ3v) is 4.27. The molecule has 3 rings (SSSR count). The molecular weight excluding hydrogens is 264 g/mol. The second-order valence-electron chi connectivity index (χ2n) is 5.79. The first-order valence-corrected chi connectivity index (χ1v) is 7.24. The number of rotatable bonds is 2. The minimum absolute atomic E-state index is 0.165. The molecule has 2 aromatic rings. The number of aromatic hydroxyl groups is 1. The largest absolute Gasteiger partial charge is 0.503 e. The van der Waals surface area contributed by atoms with Gasteiger partial charge in [0.1, 0.15) is 0 Å². The minimum atomic E-state index is -0.296. The van der Waals surface area contributed by atoms with Crippen LogP contribution >= 0.6 is 0 Å². The van der Waals surface area contributed by atoms with Crippen LogP contribution < -0.4 is 5.43 Å².